The minimum Gasteiger partial charge on any atom is -0.378 e. The second kappa shape index (κ2) is 6.46. The molecule has 0 radical (unpaired) electrons. The minimum atomic E-state index is 0.454. The van der Waals surface area contributed by atoms with Crippen LogP contribution in [0.15, 0.2) is 0 Å². The molecule has 1 N–H and O–H groups in total. The lowest BCUT2D eigenvalue weighted by atomic mass is 9.95. The van der Waals surface area contributed by atoms with E-state index in [0.717, 1.165) is 26.1 Å². The van der Waals surface area contributed by atoms with Gasteiger partial charge in [-0.15, -0.1) is 0 Å². The highest BCUT2D eigenvalue weighted by Crippen LogP contribution is 2.19. The molecule has 2 atom stereocenters. The number of nitrogens with one attached hydrogen (secondary N) is 1. The van der Waals surface area contributed by atoms with E-state index in [-0.39, 0.29) is 0 Å². The van der Waals surface area contributed by atoms with Gasteiger partial charge in [0.1, 0.15) is 0 Å². The van der Waals surface area contributed by atoms with E-state index in [1.165, 1.54) is 6.42 Å². The average Bonchev–Trinajstić information content (AvgIpc) is 2.17. The van der Waals surface area contributed by atoms with Crippen molar-refractivity contribution in [1.82, 2.24) is 10.2 Å². The highest BCUT2D eigenvalue weighted by molar-refractivity contribution is 4.78. The minimum absolute atomic E-state index is 0.454. The smallest absolute Gasteiger partial charge is 0.0612 e. The van der Waals surface area contributed by atoms with Crippen molar-refractivity contribution in [2.75, 3.05) is 33.8 Å². The molecule has 1 saturated heterocycles. The van der Waals surface area contributed by atoms with Crippen molar-refractivity contribution in [2.45, 2.75) is 38.8 Å². The number of likely N-dealkylation sites (N-methyl/N-ethyl adjacent to an activating group) is 1. The van der Waals surface area contributed by atoms with E-state index in [0.29, 0.717) is 18.1 Å². The Labute approximate surface area is 94.2 Å². The molecule has 0 saturated carbocycles. The average molecular weight is 214 g/mol. The maximum Gasteiger partial charge on any atom is 0.0612 e. The molecule has 1 aliphatic rings. The van der Waals surface area contributed by atoms with Crippen LogP contribution >= 0.6 is 0 Å². The molecular formula is C12H26N2O. The van der Waals surface area contributed by atoms with Crippen molar-refractivity contribution in [3.63, 3.8) is 0 Å². The summed E-state index contributed by atoms with van der Waals surface area (Å²) in [6, 6.07) is 0.658. The van der Waals surface area contributed by atoms with Crippen LogP contribution in [-0.2, 0) is 4.74 Å². The summed E-state index contributed by atoms with van der Waals surface area (Å²) in [5.74, 6) is 0.642. The van der Waals surface area contributed by atoms with Gasteiger partial charge >= 0.3 is 0 Å². The Morgan fingerprint density at radius 1 is 1.40 bits per heavy atom. The van der Waals surface area contributed by atoms with E-state index in [4.69, 9.17) is 4.74 Å². The van der Waals surface area contributed by atoms with E-state index in [2.05, 4.69) is 38.2 Å². The summed E-state index contributed by atoms with van der Waals surface area (Å²) in [6.45, 7) is 7.61. The summed E-state index contributed by atoms with van der Waals surface area (Å²) in [5, 5.41) is 3.62. The zero-order chi connectivity index (χ0) is 11.3. The van der Waals surface area contributed by atoms with Gasteiger partial charge in [0.05, 0.1) is 6.10 Å². The van der Waals surface area contributed by atoms with Crippen molar-refractivity contribution in [3.05, 3.63) is 0 Å². The largest absolute Gasteiger partial charge is 0.378 e. The lowest BCUT2D eigenvalue weighted by Gasteiger charge is -2.32. The predicted octanol–water partition coefficient (Wildman–Crippen LogP) is 1.34. The van der Waals surface area contributed by atoms with Crippen LogP contribution in [0.3, 0.4) is 0 Å². The zero-order valence-corrected chi connectivity index (χ0v) is 10.6. The van der Waals surface area contributed by atoms with Gasteiger partial charge in [0.2, 0.25) is 0 Å². The van der Waals surface area contributed by atoms with Crippen LogP contribution < -0.4 is 5.32 Å². The van der Waals surface area contributed by atoms with Crippen LogP contribution in [0.5, 0.6) is 0 Å². The maximum absolute atomic E-state index is 5.75. The first-order valence-electron chi connectivity index (χ1n) is 6.09. The molecule has 3 heteroatoms. The fourth-order valence-corrected chi connectivity index (χ4v) is 1.97. The van der Waals surface area contributed by atoms with Crippen LogP contribution in [-0.4, -0.2) is 50.8 Å². The van der Waals surface area contributed by atoms with Gasteiger partial charge in [-0.2, -0.15) is 0 Å². The lowest BCUT2D eigenvalue weighted by molar-refractivity contribution is -0.0243. The Morgan fingerprint density at radius 2 is 2.13 bits per heavy atom. The fraction of sp³-hybridized carbons (Fsp3) is 1.00. The normalized spacial score (nSPS) is 27.6. The van der Waals surface area contributed by atoms with Gasteiger partial charge in [0.25, 0.3) is 0 Å². The summed E-state index contributed by atoms with van der Waals surface area (Å²) in [4.78, 5) is 2.21. The standard InChI is InChI=1S/C12H26N2O/c1-10(2)12-9-11(5-8-15-12)13-6-7-14(3)4/h10-13H,5-9H2,1-4H3. The lowest BCUT2D eigenvalue weighted by Crippen LogP contribution is -2.42. The molecule has 3 nitrogen and oxygen atoms in total. The van der Waals surface area contributed by atoms with Gasteiger partial charge in [-0.1, -0.05) is 13.8 Å². The molecular weight excluding hydrogens is 188 g/mol. The van der Waals surface area contributed by atoms with Gasteiger partial charge in [-0.05, 0) is 32.9 Å². The Bertz CT molecular complexity index is 171. The molecule has 0 bridgehead atoms. The number of hydrogen-bond acceptors (Lipinski definition) is 3. The molecule has 1 rings (SSSR count). The van der Waals surface area contributed by atoms with Crippen LogP contribution in [0.2, 0.25) is 0 Å². The summed E-state index contributed by atoms with van der Waals surface area (Å²) < 4.78 is 5.75. The molecule has 2 unspecified atom stereocenters. The van der Waals surface area contributed by atoms with Crippen molar-refractivity contribution in [1.29, 1.82) is 0 Å². The van der Waals surface area contributed by atoms with Gasteiger partial charge in [-0.3, -0.25) is 0 Å². The Hall–Kier alpha value is -0.120. The predicted molar refractivity (Wildman–Crippen MR) is 64.2 cm³/mol. The molecule has 0 spiro atoms. The van der Waals surface area contributed by atoms with E-state index in [1.807, 2.05) is 0 Å². The van der Waals surface area contributed by atoms with Gasteiger partial charge < -0.3 is 15.0 Å². The Morgan fingerprint density at radius 3 is 2.73 bits per heavy atom. The Kier molecular flexibility index (Phi) is 5.58. The van der Waals surface area contributed by atoms with Gasteiger partial charge in [0.15, 0.2) is 0 Å². The molecule has 1 aliphatic heterocycles. The number of rotatable bonds is 5. The molecule has 0 aliphatic carbocycles. The summed E-state index contributed by atoms with van der Waals surface area (Å²) in [7, 11) is 4.23. The van der Waals surface area contributed by atoms with Crippen LogP contribution in [0.25, 0.3) is 0 Å². The third kappa shape index (κ3) is 4.96. The maximum atomic E-state index is 5.75. The number of ether oxygens (including phenoxy) is 1. The van der Waals surface area contributed by atoms with Gasteiger partial charge in [-0.25, -0.2) is 0 Å². The highest BCUT2D eigenvalue weighted by atomic mass is 16.5. The fourth-order valence-electron chi connectivity index (χ4n) is 1.97. The van der Waals surface area contributed by atoms with Crippen LogP contribution in [0.4, 0.5) is 0 Å². The molecule has 1 fully saturated rings. The first-order valence-corrected chi connectivity index (χ1v) is 6.09. The van der Waals surface area contributed by atoms with E-state index >= 15 is 0 Å². The van der Waals surface area contributed by atoms with E-state index in [9.17, 15) is 0 Å². The molecule has 0 aromatic rings. The molecule has 0 aromatic carbocycles. The number of nitrogens with zero attached hydrogens (tertiary/aromatic N) is 1. The third-order valence-electron chi connectivity index (χ3n) is 3.05. The molecule has 0 amide bonds. The first-order chi connectivity index (χ1) is 7.09. The summed E-state index contributed by atoms with van der Waals surface area (Å²) in [6.07, 6.45) is 2.79. The second-order valence-corrected chi connectivity index (χ2v) is 5.13. The van der Waals surface area contributed by atoms with Crippen molar-refractivity contribution in [2.24, 2.45) is 5.92 Å². The third-order valence-corrected chi connectivity index (χ3v) is 3.05. The molecule has 0 aromatic heterocycles. The highest BCUT2D eigenvalue weighted by Gasteiger charge is 2.24. The molecule has 90 valence electrons. The number of hydrogen-bond donors (Lipinski definition) is 1. The summed E-state index contributed by atoms with van der Waals surface area (Å²) in [5.41, 5.74) is 0. The van der Waals surface area contributed by atoms with Crippen LogP contribution in [0, 0.1) is 5.92 Å². The monoisotopic (exact) mass is 214 g/mol. The first kappa shape index (κ1) is 12.9. The van der Waals surface area contributed by atoms with Crippen molar-refractivity contribution >= 4 is 0 Å². The SMILES string of the molecule is CC(C)C1CC(NCCN(C)C)CCO1. The molecule has 1 heterocycles. The van der Waals surface area contributed by atoms with E-state index < -0.39 is 0 Å². The van der Waals surface area contributed by atoms with Crippen LogP contribution in [0.1, 0.15) is 26.7 Å². The molecule has 15 heavy (non-hydrogen) atoms. The summed E-state index contributed by atoms with van der Waals surface area (Å²) >= 11 is 0. The van der Waals surface area contributed by atoms with Crippen molar-refractivity contribution < 1.29 is 4.74 Å². The zero-order valence-electron chi connectivity index (χ0n) is 10.6. The van der Waals surface area contributed by atoms with E-state index in [1.54, 1.807) is 0 Å². The van der Waals surface area contributed by atoms with Gasteiger partial charge in [0, 0.05) is 25.7 Å². The van der Waals surface area contributed by atoms with Crippen molar-refractivity contribution in [3.8, 4) is 0 Å². The Balaban J connectivity index is 2.18. The topological polar surface area (TPSA) is 24.5 Å². The quantitative estimate of drug-likeness (QED) is 0.747. The second-order valence-electron chi connectivity index (χ2n) is 5.13.